The zero-order chi connectivity index (χ0) is 17.7. The van der Waals surface area contributed by atoms with Crippen molar-refractivity contribution in [2.45, 2.75) is 71.8 Å². The average Bonchev–Trinajstić information content (AvgIpc) is 2.58. The molecule has 1 atom stereocenters. The van der Waals surface area contributed by atoms with E-state index >= 15 is 0 Å². The van der Waals surface area contributed by atoms with E-state index in [1.165, 1.54) is 32.1 Å². The fraction of sp³-hybridized carbons (Fsp3) is 0.895. The molecule has 5 nitrogen and oxygen atoms in total. The van der Waals surface area contributed by atoms with Gasteiger partial charge in [-0.05, 0) is 17.8 Å². The topological polar surface area (TPSA) is 66.6 Å². The van der Waals surface area contributed by atoms with Crippen molar-refractivity contribution in [3.05, 3.63) is 0 Å². The van der Waals surface area contributed by atoms with Crippen molar-refractivity contribution in [1.29, 1.82) is 0 Å². The Labute approximate surface area is 159 Å². The molecule has 1 aliphatic carbocycles. The van der Waals surface area contributed by atoms with E-state index in [1.54, 1.807) is 0 Å². The number of piperazine rings is 1. The number of nitrogens with zero attached hydrogens (tertiary/aromatic N) is 2. The first kappa shape index (κ1) is 22.2. The highest BCUT2D eigenvalue weighted by Gasteiger charge is 2.33. The van der Waals surface area contributed by atoms with Gasteiger partial charge in [-0.3, -0.25) is 9.59 Å². The number of carbonyl (C=O) groups is 2. The zero-order valence-corrected chi connectivity index (χ0v) is 16.9. The van der Waals surface area contributed by atoms with Gasteiger partial charge in [0, 0.05) is 32.6 Å². The molecule has 0 bridgehead atoms. The highest BCUT2D eigenvalue weighted by molar-refractivity contribution is 5.85. The molecule has 0 aromatic rings. The van der Waals surface area contributed by atoms with Crippen molar-refractivity contribution in [2.24, 2.45) is 17.1 Å². The molecule has 25 heavy (non-hydrogen) atoms. The maximum Gasteiger partial charge on any atom is 0.240 e. The van der Waals surface area contributed by atoms with Crippen LogP contribution in [-0.2, 0) is 9.59 Å². The molecule has 2 fully saturated rings. The van der Waals surface area contributed by atoms with Crippen LogP contribution < -0.4 is 5.73 Å². The maximum atomic E-state index is 12.5. The van der Waals surface area contributed by atoms with Gasteiger partial charge in [-0.2, -0.15) is 0 Å². The minimum atomic E-state index is -0.481. The van der Waals surface area contributed by atoms with Crippen LogP contribution in [0.25, 0.3) is 0 Å². The van der Waals surface area contributed by atoms with Gasteiger partial charge in [-0.25, -0.2) is 0 Å². The number of halogens is 1. The molecule has 2 amide bonds. The van der Waals surface area contributed by atoms with E-state index in [0.717, 1.165) is 12.3 Å². The van der Waals surface area contributed by atoms with Crippen LogP contribution in [0.1, 0.15) is 65.7 Å². The second-order valence-electron chi connectivity index (χ2n) is 8.59. The van der Waals surface area contributed by atoms with Crippen LogP contribution in [-0.4, -0.2) is 53.8 Å². The monoisotopic (exact) mass is 373 g/mol. The van der Waals surface area contributed by atoms with E-state index in [2.05, 4.69) is 0 Å². The number of carbonyl (C=O) groups excluding carboxylic acids is 2. The van der Waals surface area contributed by atoms with Crippen molar-refractivity contribution < 1.29 is 9.59 Å². The van der Waals surface area contributed by atoms with E-state index < -0.39 is 6.04 Å². The smallest absolute Gasteiger partial charge is 0.240 e. The Kier molecular flexibility index (Phi) is 8.69. The molecule has 146 valence electrons. The lowest BCUT2D eigenvalue weighted by Crippen LogP contribution is -2.56. The Morgan fingerprint density at radius 3 is 2.04 bits per heavy atom. The summed E-state index contributed by atoms with van der Waals surface area (Å²) in [6.45, 7) is 8.47. The Morgan fingerprint density at radius 1 is 1.00 bits per heavy atom. The first-order valence-electron chi connectivity index (χ1n) is 9.61. The van der Waals surface area contributed by atoms with E-state index in [4.69, 9.17) is 5.73 Å². The van der Waals surface area contributed by atoms with Gasteiger partial charge in [0.05, 0.1) is 6.04 Å². The van der Waals surface area contributed by atoms with Crippen LogP contribution in [0.5, 0.6) is 0 Å². The third-order valence-corrected chi connectivity index (χ3v) is 5.63. The SMILES string of the molecule is CC(C)(C)[C@H](N)C(=O)N1CCN(C(=O)CCC2CCCCC2)CC1.Cl. The van der Waals surface area contributed by atoms with Gasteiger partial charge in [0.1, 0.15) is 0 Å². The number of nitrogens with two attached hydrogens (primary N) is 1. The number of hydrogen-bond donors (Lipinski definition) is 1. The first-order chi connectivity index (χ1) is 11.3. The van der Waals surface area contributed by atoms with Gasteiger partial charge < -0.3 is 15.5 Å². The fourth-order valence-corrected chi connectivity index (χ4v) is 3.70. The third-order valence-electron chi connectivity index (χ3n) is 5.63. The van der Waals surface area contributed by atoms with Crippen molar-refractivity contribution in [3.8, 4) is 0 Å². The van der Waals surface area contributed by atoms with Crippen LogP contribution in [0.4, 0.5) is 0 Å². The summed E-state index contributed by atoms with van der Waals surface area (Å²) in [5.41, 5.74) is 5.85. The van der Waals surface area contributed by atoms with Crippen LogP contribution in [0.3, 0.4) is 0 Å². The Hall–Kier alpha value is -0.810. The molecule has 1 aliphatic heterocycles. The average molecular weight is 374 g/mol. The minimum absolute atomic E-state index is 0. The second-order valence-corrected chi connectivity index (χ2v) is 8.59. The van der Waals surface area contributed by atoms with Crippen molar-refractivity contribution >= 4 is 24.2 Å². The van der Waals surface area contributed by atoms with Gasteiger partial charge in [0.2, 0.25) is 11.8 Å². The molecule has 0 radical (unpaired) electrons. The lowest BCUT2D eigenvalue weighted by atomic mass is 9.86. The largest absolute Gasteiger partial charge is 0.339 e. The molecule has 6 heteroatoms. The maximum absolute atomic E-state index is 12.5. The summed E-state index contributed by atoms with van der Waals surface area (Å²) < 4.78 is 0. The third kappa shape index (κ3) is 6.45. The lowest BCUT2D eigenvalue weighted by molar-refractivity contribution is -0.141. The number of rotatable bonds is 4. The normalized spacial score (nSPS) is 20.8. The van der Waals surface area contributed by atoms with Gasteiger partial charge in [0.15, 0.2) is 0 Å². The number of amides is 2. The van der Waals surface area contributed by atoms with Gasteiger partial charge in [-0.15, -0.1) is 12.4 Å². The summed E-state index contributed by atoms with van der Waals surface area (Å²) in [7, 11) is 0. The van der Waals surface area contributed by atoms with Gasteiger partial charge in [-0.1, -0.05) is 52.9 Å². The molecular weight excluding hydrogens is 338 g/mol. The zero-order valence-electron chi connectivity index (χ0n) is 16.1. The highest BCUT2D eigenvalue weighted by atomic mass is 35.5. The second kappa shape index (κ2) is 9.77. The van der Waals surface area contributed by atoms with E-state index in [9.17, 15) is 9.59 Å². The highest BCUT2D eigenvalue weighted by Crippen LogP contribution is 2.27. The molecule has 2 aliphatic rings. The minimum Gasteiger partial charge on any atom is -0.339 e. The molecule has 0 aromatic carbocycles. The molecule has 1 saturated heterocycles. The van der Waals surface area contributed by atoms with Gasteiger partial charge >= 0.3 is 0 Å². The van der Waals surface area contributed by atoms with Crippen LogP contribution in [0.2, 0.25) is 0 Å². The Morgan fingerprint density at radius 2 is 1.52 bits per heavy atom. The quantitative estimate of drug-likeness (QED) is 0.823. The first-order valence-corrected chi connectivity index (χ1v) is 9.61. The van der Waals surface area contributed by atoms with E-state index in [0.29, 0.717) is 32.6 Å². The fourth-order valence-electron chi connectivity index (χ4n) is 3.70. The molecule has 1 heterocycles. The summed E-state index contributed by atoms with van der Waals surface area (Å²) in [4.78, 5) is 28.6. The Bertz CT molecular complexity index is 436. The van der Waals surface area contributed by atoms with E-state index in [1.807, 2.05) is 30.6 Å². The summed E-state index contributed by atoms with van der Waals surface area (Å²) >= 11 is 0. The lowest BCUT2D eigenvalue weighted by Gasteiger charge is -2.38. The predicted molar refractivity (Wildman–Crippen MR) is 104 cm³/mol. The Balaban J connectivity index is 0.00000312. The summed E-state index contributed by atoms with van der Waals surface area (Å²) in [5, 5.41) is 0. The van der Waals surface area contributed by atoms with Crippen molar-refractivity contribution in [3.63, 3.8) is 0 Å². The van der Waals surface area contributed by atoms with E-state index in [-0.39, 0.29) is 29.6 Å². The summed E-state index contributed by atoms with van der Waals surface area (Å²) in [5.74, 6) is 1.01. The van der Waals surface area contributed by atoms with Crippen LogP contribution >= 0.6 is 12.4 Å². The van der Waals surface area contributed by atoms with Crippen LogP contribution in [0.15, 0.2) is 0 Å². The summed E-state index contributed by atoms with van der Waals surface area (Å²) in [6.07, 6.45) is 8.30. The predicted octanol–water partition coefficient (Wildman–Crippen LogP) is 2.81. The number of hydrogen-bond acceptors (Lipinski definition) is 3. The molecule has 2 N–H and O–H groups in total. The molecular formula is C19H36ClN3O2. The van der Waals surface area contributed by atoms with Crippen molar-refractivity contribution in [2.75, 3.05) is 26.2 Å². The standard InChI is InChI=1S/C19H35N3O2.ClH/c1-19(2,3)17(20)18(24)22-13-11-21(12-14-22)16(23)10-9-15-7-5-4-6-8-15;/h15,17H,4-14,20H2,1-3H3;1H/t17-;/m1./s1. The van der Waals surface area contributed by atoms with Crippen molar-refractivity contribution in [1.82, 2.24) is 9.80 Å². The summed E-state index contributed by atoms with van der Waals surface area (Å²) in [6, 6.07) is -0.481. The van der Waals surface area contributed by atoms with Crippen LogP contribution in [0, 0.1) is 11.3 Å². The van der Waals surface area contributed by atoms with Gasteiger partial charge in [0.25, 0.3) is 0 Å². The molecule has 0 aromatic heterocycles. The molecule has 0 spiro atoms. The molecule has 0 unspecified atom stereocenters. The molecule has 2 rings (SSSR count). The molecule has 1 saturated carbocycles.